The Morgan fingerprint density at radius 2 is 1.89 bits per heavy atom. The fourth-order valence-electron chi connectivity index (χ4n) is 2.20. The van der Waals surface area contributed by atoms with Gasteiger partial charge in [-0.15, -0.1) is 0 Å². The predicted molar refractivity (Wildman–Crippen MR) is 68.5 cm³/mol. The van der Waals surface area contributed by atoms with Crippen LogP contribution in [0, 0.1) is 16.7 Å². The Hall–Kier alpha value is -1.09. The van der Waals surface area contributed by atoms with Crippen LogP contribution < -0.4 is 0 Å². The second-order valence-electron chi connectivity index (χ2n) is 4.70. The van der Waals surface area contributed by atoms with Gasteiger partial charge in [0.2, 0.25) is 5.91 Å². The zero-order valence-electron chi connectivity index (χ0n) is 11.0. The Bertz CT molecular complexity index is 446. The molecule has 0 bridgehead atoms. The van der Waals surface area contributed by atoms with E-state index in [4.69, 9.17) is 0 Å². The Kier molecular flexibility index (Phi) is 4.74. The molecular weight excluding hydrogens is 252 g/mol. The zero-order valence-corrected chi connectivity index (χ0v) is 11.8. The van der Waals surface area contributed by atoms with Gasteiger partial charge in [-0.2, -0.15) is 5.26 Å². The first-order chi connectivity index (χ1) is 8.40. The third-order valence-electron chi connectivity index (χ3n) is 3.67. The molecule has 0 N–H and O–H groups in total. The van der Waals surface area contributed by atoms with Crippen LogP contribution in [0.3, 0.4) is 0 Å². The number of sulfone groups is 1. The van der Waals surface area contributed by atoms with Crippen molar-refractivity contribution < 1.29 is 13.2 Å². The summed E-state index contributed by atoms with van der Waals surface area (Å²) in [6.07, 6.45) is 1.38. The van der Waals surface area contributed by atoms with E-state index in [1.165, 1.54) is 0 Å². The summed E-state index contributed by atoms with van der Waals surface area (Å²) in [7, 11) is -3.03. The molecule has 1 aliphatic heterocycles. The van der Waals surface area contributed by atoms with E-state index < -0.39 is 15.3 Å². The molecule has 0 atom stereocenters. The van der Waals surface area contributed by atoms with Gasteiger partial charge in [0.1, 0.15) is 5.41 Å². The lowest BCUT2D eigenvalue weighted by Gasteiger charge is -2.30. The molecule has 1 rings (SSSR count). The smallest absolute Gasteiger partial charge is 0.243 e. The molecule has 0 aromatic carbocycles. The quantitative estimate of drug-likeness (QED) is 0.766. The molecular formula is C12H20N2O3S. The van der Waals surface area contributed by atoms with Gasteiger partial charge in [0, 0.05) is 13.1 Å². The van der Waals surface area contributed by atoms with Crippen molar-refractivity contribution in [1.29, 1.82) is 5.26 Å². The molecule has 0 aromatic rings. The molecule has 1 saturated heterocycles. The highest BCUT2D eigenvalue weighted by Crippen LogP contribution is 2.28. The van der Waals surface area contributed by atoms with Crippen molar-refractivity contribution in [3.05, 3.63) is 0 Å². The average molecular weight is 272 g/mol. The van der Waals surface area contributed by atoms with Crippen molar-refractivity contribution in [2.75, 3.05) is 24.6 Å². The number of amides is 1. The van der Waals surface area contributed by atoms with Gasteiger partial charge >= 0.3 is 0 Å². The van der Waals surface area contributed by atoms with Crippen molar-refractivity contribution >= 4 is 15.7 Å². The van der Waals surface area contributed by atoms with E-state index in [0.717, 1.165) is 0 Å². The predicted octanol–water partition coefficient (Wildman–Crippen LogP) is 0.963. The Labute approximate surface area is 109 Å². The molecule has 1 heterocycles. The minimum atomic E-state index is -3.03. The highest BCUT2D eigenvalue weighted by Gasteiger charge is 2.39. The maximum Gasteiger partial charge on any atom is 0.243 e. The lowest BCUT2D eigenvalue weighted by molar-refractivity contribution is -0.139. The number of carbonyl (C=O) groups excluding carboxylic acids is 1. The van der Waals surface area contributed by atoms with Crippen LogP contribution in [-0.4, -0.2) is 43.8 Å². The van der Waals surface area contributed by atoms with E-state index in [1.807, 2.05) is 13.8 Å². The SMILES string of the molecule is CCC(C#N)(CC)C(=O)N1CCCS(=O)(=O)CC1. The first kappa shape index (κ1) is 15.0. The summed E-state index contributed by atoms with van der Waals surface area (Å²) in [5, 5.41) is 9.23. The normalized spacial score (nSPS) is 19.9. The Balaban J connectivity index is 2.88. The second-order valence-corrected chi connectivity index (χ2v) is 7.00. The van der Waals surface area contributed by atoms with Crippen molar-refractivity contribution in [1.82, 2.24) is 4.90 Å². The Morgan fingerprint density at radius 3 is 2.39 bits per heavy atom. The van der Waals surface area contributed by atoms with Gasteiger partial charge in [-0.1, -0.05) is 13.8 Å². The standard InChI is InChI=1S/C12H20N2O3S/c1-3-12(4-2,10-13)11(15)14-6-5-8-18(16,17)9-7-14/h3-9H2,1-2H3. The Morgan fingerprint density at radius 1 is 1.28 bits per heavy atom. The molecule has 102 valence electrons. The van der Waals surface area contributed by atoms with Crippen LogP contribution in [0.5, 0.6) is 0 Å². The highest BCUT2D eigenvalue weighted by molar-refractivity contribution is 7.91. The number of carbonyl (C=O) groups is 1. The van der Waals surface area contributed by atoms with Crippen LogP contribution in [0.1, 0.15) is 33.1 Å². The van der Waals surface area contributed by atoms with Crippen molar-refractivity contribution in [2.45, 2.75) is 33.1 Å². The molecule has 0 radical (unpaired) electrons. The molecule has 1 aliphatic rings. The van der Waals surface area contributed by atoms with Gasteiger partial charge in [-0.25, -0.2) is 8.42 Å². The number of nitrogens with zero attached hydrogens (tertiary/aromatic N) is 2. The zero-order chi connectivity index (χ0) is 13.8. The second kappa shape index (κ2) is 5.70. The van der Waals surface area contributed by atoms with Crippen LogP contribution in [0.4, 0.5) is 0 Å². The fraction of sp³-hybridized carbons (Fsp3) is 0.833. The number of hydrogen-bond donors (Lipinski definition) is 0. The molecule has 0 aliphatic carbocycles. The number of nitriles is 1. The molecule has 1 amide bonds. The van der Waals surface area contributed by atoms with Crippen molar-refractivity contribution in [3.8, 4) is 6.07 Å². The van der Waals surface area contributed by atoms with Crippen LogP contribution in [-0.2, 0) is 14.6 Å². The monoisotopic (exact) mass is 272 g/mol. The van der Waals surface area contributed by atoms with Gasteiger partial charge < -0.3 is 4.90 Å². The molecule has 0 spiro atoms. The summed E-state index contributed by atoms with van der Waals surface area (Å²) < 4.78 is 23.0. The largest absolute Gasteiger partial charge is 0.340 e. The third kappa shape index (κ3) is 3.02. The van der Waals surface area contributed by atoms with Crippen molar-refractivity contribution in [2.24, 2.45) is 5.41 Å². The van der Waals surface area contributed by atoms with Gasteiger partial charge in [0.25, 0.3) is 0 Å². The summed E-state index contributed by atoms with van der Waals surface area (Å²) in [6, 6.07) is 2.11. The van der Waals surface area contributed by atoms with E-state index in [1.54, 1.807) is 4.90 Å². The first-order valence-electron chi connectivity index (χ1n) is 6.32. The van der Waals surface area contributed by atoms with Gasteiger partial charge in [-0.3, -0.25) is 4.79 Å². The first-order valence-corrected chi connectivity index (χ1v) is 8.14. The minimum absolute atomic E-state index is 0.00762. The lowest BCUT2D eigenvalue weighted by atomic mass is 9.82. The summed E-state index contributed by atoms with van der Waals surface area (Å²) in [5.74, 6) is -0.0745. The minimum Gasteiger partial charge on any atom is -0.340 e. The maximum atomic E-state index is 12.4. The highest BCUT2D eigenvalue weighted by atomic mass is 32.2. The molecule has 0 aromatic heterocycles. The summed E-state index contributed by atoms with van der Waals surface area (Å²) in [6.45, 7) is 4.28. The van der Waals surface area contributed by atoms with E-state index >= 15 is 0 Å². The van der Waals surface area contributed by atoms with Crippen LogP contribution in [0.15, 0.2) is 0 Å². The van der Waals surface area contributed by atoms with E-state index in [0.29, 0.717) is 25.8 Å². The molecule has 1 fully saturated rings. The van der Waals surface area contributed by atoms with Crippen LogP contribution in [0.25, 0.3) is 0 Å². The topological polar surface area (TPSA) is 78.2 Å². The van der Waals surface area contributed by atoms with Crippen LogP contribution in [0.2, 0.25) is 0 Å². The number of rotatable bonds is 3. The van der Waals surface area contributed by atoms with Crippen molar-refractivity contribution in [3.63, 3.8) is 0 Å². The maximum absolute atomic E-state index is 12.4. The third-order valence-corrected chi connectivity index (χ3v) is 5.39. The summed E-state index contributed by atoms with van der Waals surface area (Å²) in [4.78, 5) is 13.9. The molecule has 0 unspecified atom stereocenters. The van der Waals surface area contributed by atoms with Gasteiger partial charge in [0.15, 0.2) is 9.84 Å². The molecule has 0 saturated carbocycles. The average Bonchev–Trinajstić information content (AvgIpc) is 2.53. The molecule has 6 heteroatoms. The van der Waals surface area contributed by atoms with Gasteiger partial charge in [-0.05, 0) is 19.3 Å². The summed E-state index contributed by atoms with van der Waals surface area (Å²) >= 11 is 0. The van der Waals surface area contributed by atoms with E-state index in [-0.39, 0.29) is 24.0 Å². The molecule has 5 nitrogen and oxygen atoms in total. The van der Waals surface area contributed by atoms with Gasteiger partial charge in [0.05, 0.1) is 17.6 Å². The lowest BCUT2D eigenvalue weighted by Crippen LogP contribution is -2.44. The molecule has 18 heavy (non-hydrogen) atoms. The summed E-state index contributed by atoms with van der Waals surface area (Å²) in [5.41, 5.74) is -0.992. The fourth-order valence-corrected chi connectivity index (χ4v) is 3.47. The van der Waals surface area contributed by atoms with Crippen LogP contribution >= 0.6 is 0 Å². The van der Waals surface area contributed by atoms with E-state index in [9.17, 15) is 18.5 Å². The van der Waals surface area contributed by atoms with E-state index in [2.05, 4.69) is 6.07 Å². The number of hydrogen-bond acceptors (Lipinski definition) is 4.